The molecule has 0 unspecified atom stereocenters. The van der Waals surface area contributed by atoms with Crippen molar-refractivity contribution in [2.45, 2.75) is 20.8 Å². The van der Waals surface area contributed by atoms with Gasteiger partial charge in [-0.1, -0.05) is 12.1 Å². The summed E-state index contributed by atoms with van der Waals surface area (Å²) in [7, 11) is 0. The second-order valence-corrected chi connectivity index (χ2v) is 5.29. The molecule has 1 aromatic heterocycles. The van der Waals surface area contributed by atoms with Gasteiger partial charge in [-0.2, -0.15) is 0 Å². The van der Waals surface area contributed by atoms with Crippen LogP contribution in [-0.4, -0.2) is 41.4 Å². The summed E-state index contributed by atoms with van der Waals surface area (Å²) in [6.45, 7) is 7.38. The lowest BCUT2D eigenvalue weighted by Gasteiger charge is -2.18. The highest BCUT2D eigenvalue weighted by atomic mass is 16.5. The van der Waals surface area contributed by atoms with Gasteiger partial charge >= 0.3 is 0 Å². The minimum atomic E-state index is -0.317. The highest BCUT2D eigenvalue weighted by Gasteiger charge is 2.16. The maximum absolute atomic E-state index is 12.5. The number of nitrogens with zero attached hydrogens (tertiary/aromatic N) is 2. The molecule has 132 valence electrons. The topological polar surface area (TPSA) is 71.5 Å². The number of anilines is 1. The lowest BCUT2D eigenvalue weighted by molar-refractivity contribution is 0.0767. The SMILES string of the molecule is CCOc1ccccc1NC(=O)c1ccnc(C(=O)N(CC)CC)c1. The molecule has 0 saturated carbocycles. The van der Waals surface area contributed by atoms with Crippen LogP contribution in [-0.2, 0) is 0 Å². The van der Waals surface area contributed by atoms with Crippen LogP contribution in [0.4, 0.5) is 5.69 Å². The molecule has 2 amide bonds. The molecule has 0 bridgehead atoms. The lowest BCUT2D eigenvalue weighted by atomic mass is 10.2. The van der Waals surface area contributed by atoms with E-state index in [0.717, 1.165) is 0 Å². The van der Waals surface area contributed by atoms with Crippen LogP contribution in [0.25, 0.3) is 0 Å². The number of amides is 2. The molecule has 1 aromatic carbocycles. The molecule has 0 radical (unpaired) electrons. The summed E-state index contributed by atoms with van der Waals surface area (Å²) < 4.78 is 5.51. The molecule has 0 aliphatic carbocycles. The van der Waals surface area contributed by atoms with Crippen LogP contribution in [0.15, 0.2) is 42.6 Å². The number of rotatable bonds is 7. The highest BCUT2D eigenvalue weighted by Crippen LogP contribution is 2.24. The minimum absolute atomic E-state index is 0.186. The lowest BCUT2D eigenvalue weighted by Crippen LogP contribution is -2.31. The fraction of sp³-hybridized carbons (Fsp3) is 0.316. The van der Waals surface area contributed by atoms with E-state index in [9.17, 15) is 9.59 Å². The summed E-state index contributed by atoms with van der Waals surface area (Å²) in [5.41, 5.74) is 1.22. The molecule has 0 atom stereocenters. The van der Waals surface area contributed by atoms with Gasteiger partial charge in [0.1, 0.15) is 11.4 Å². The van der Waals surface area contributed by atoms with Crippen molar-refractivity contribution in [3.05, 3.63) is 53.9 Å². The fourth-order valence-electron chi connectivity index (χ4n) is 2.41. The molecule has 0 aliphatic rings. The molecule has 6 nitrogen and oxygen atoms in total. The van der Waals surface area contributed by atoms with E-state index in [4.69, 9.17) is 4.74 Å². The number of carbonyl (C=O) groups excluding carboxylic acids is 2. The average Bonchev–Trinajstić information content (AvgIpc) is 2.64. The van der Waals surface area contributed by atoms with Crippen molar-refractivity contribution >= 4 is 17.5 Å². The van der Waals surface area contributed by atoms with Crippen LogP contribution in [0.2, 0.25) is 0 Å². The van der Waals surface area contributed by atoms with Crippen LogP contribution in [0, 0.1) is 0 Å². The number of aromatic nitrogens is 1. The van der Waals surface area contributed by atoms with Crippen LogP contribution >= 0.6 is 0 Å². The number of ether oxygens (including phenoxy) is 1. The van der Waals surface area contributed by atoms with E-state index in [2.05, 4.69) is 10.3 Å². The Bertz CT molecular complexity index is 742. The number of para-hydroxylation sites is 2. The van der Waals surface area contributed by atoms with Gasteiger partial charge < -0.3 is 15.0 Å². The molecule has 0 saturated heterocycles. The predicted octanol–water partition coefficient (Wildman–Crippen LogP) is 3.21. The number of hydrogen-bond acceptors (Lipinski definition) is 4. The van der Waals surface area contributed by atoms with Gasteiger partial charge in [0.2, 0.25) is 0 Å². The van der Waals surface area contributed by atoms with E-state index in [1.807, 2.05) is 32.9 Å². The Labute approximate surface area is 147 Å². The number of nitrogens with one attached hydrogen (secondary N) is 1. The van der Waals surface area contributed by atoms with Gasteiger partial charge in [0.25, 0.3) is 11.8 Å². The van der Waals surface area contributed by atoms with E-state index >= 15 is 0 Å². The quantitative estimate of drug-likeness (QED) is 0.839. The normalized spacial score (nSPS) is 10.2. The summed E-state index contributed by atoms with van der Waals surface area (Å²) in [5, 5.41) is 2.82. The number of hydrogen-bond donors (Lipinski definition) is 1. The fourth-order valence-corrected chi connectivity index (χ4v) is 2.41. The van der Waals surface area contributed by atoms with E-state index in [1.165, 1.54) is 12.3 Å². The maximum atomic E-state index is 12.5. The van der Waals surface area contributed by atoms with E-state index in [0.29, 0.717) is 36.7 Å². The standard InChI is InChI=1S/C19H23N3O3/c1-4-22(5-2)19(24)16-13-14(11-12-20-16)18(23)21-15-9-7-8-10-17(15)25-6-3/h7-13H,4-6H2,1-3H3,(H,21,23). The second-order valence-electron chi connectivity index (χ2n) is 5.29. The molecule has 25 heavy (non-hydrogen) atoms. The third-order valence-electron chi connectivity index (χ3n) is 3.73. The molecule has 6 heteroatoms. The molecule has 2 rings (SSSR count). The van der Waals surface area contributed by atoms with Gasteiger partial charge in [-0.25, -0.2) is 0 Å². The molecule has 1 N–H and O–H groups in total. The molecule has 0 spiro atoms. The van der Waals surface area contributed by atoms with Gasteiger partial charge in [-0.15, -0.1) is 0 Å². The van der Waals surface area contributed by atoms with Crippen LogP contribution in [0.5, 0.6) is 5.75 Å². The maximum Gasteiger partial charge on any atom is 0.272 e. The Kier molecular flexibility index (Phi) is 6.51. The molecule has 2 aromatic rings. The monoisotopic (exact) mass is 341 g/mol. The Morgan fingerprint density at radius 3 is 2.52 bits per heavy atom. The van der Waals surface area contributed by atoms with Crippen molar-refractivity contribution in [3.63, 3.8) is 0 Å². The summed E-state index contributed by atoms with van der Waals surface area (Å²) in [6.07, 6.45) is 1.47. The van der Waals surface area contributed by atoms with Crippen molar-refractivity contribution < 1.29 is 14.3 Å². The smallest absolute Gasteiger partial charge is 0.272 e. The summed E-state index contributed by atoms with van der Waals surface area (Å²) in [5.74, 6) is 0.101. The van der Waals surface area contributed by atoms with Gasteiger partial charge in [-0.05, 0) is 45.0 Å². The van der Waals surface area contributed by atoms with Crippen LogP contribution in [0.1, 0.15) is 41.6 Å². The molecule has 0 fully saturated rings. The van der Waals surface area contributed by atoms with Crippen molar-refractivity contribution in [1.82, 2.24) is 9.88 Å². The van der Waals surface area contributed by atoms with Gasteiger partial charge in [0.05, 0.1) is 12.3 Å². The van der Waals surface area contributed by atoms with Crippen molar-refractivity contribution in [2.24, 2.45) is 0 Å². The number of benzene rings is 1. The summed E-state index contributed by atoms with van der Waals surface area (Å²) in [4.78, 5) is 30.7. The largest absolute Gasteiger partial charge is 0.492 e. The summed E-state index contributed by atoms with van der Waals surface area (Å²) in [6, 6.07) is 10.3. The van der Waals surface area contributed by atoms with Gasteiger partial charge in [0.15, 0.2) is 0 Å². The highest BCUT2D eigenvalue weighted by molar-refractivity contribution is 6.06. The molecule has 0 aliphatic heterocycles. The zero-order valence-corrected chi connectivity index (χ0v) is 14.8. The zero-order chi connectivity index (χ0) is 18.2. The molecule has 1 heterocycles. The first-order valence-corrected chi connectivity index (χ1v) is 8.39. The van der Waals surface area contributed by atoms with Crippen LogP contribution < -0.4 is 10.1 Å². The first kappa shape index (κ1) is 18.4. The Morgan fingerprint density at radius 2 is 1.84 bits per heavy atom. The third kappa shape index (κ3) is 4.56. The first-order valence-electron chi connectivity index (χ1n) is 8.39. The zero-order valence-electron chi connectivity index (χ0n) is 14.8. The predicted molar refractivity (Wildman–Crippen MR) is 97.1 cm³/mol. The molecular formula is C19H23N3O3. The number of pyridine rings is 1. The minimum Gasteiger partial charge on any atom is -0.492 e. The van der Waals surface area contributed by atoms with Crippen molar-refractivity contribution in [1.29, 1.82) is 0 Å². The average molecular weight is 341 g/mol. The van der Waals surface area contributed by atoms with Crippen LogP contribution in [0.3, 0.4) is 0 Å². The van der Waals surface area contributed by atoms with E-state index < -0.39 is 0 Å². The first-order chi connectivity index (χ1) is 12.1. The van der Waals surface area contributed by atoms with Crippen molar-refractivity contribution in [2.75, 3.05) is 25.0 Å². The summed E-state index contributed by atoms with van der Waals surface area (Å²) >= 11 is 0. The molecular weight excluding hydrogens is 318 g/mol. The third-order valence-corrected chi connectivity index (χ3v) is 3.73. The second kappa shape index (κ2) is 8.82. The van der Waals surface area contributed by atoms with Gasteiger partial charge in [0, 0.05) is 24.8 Å². The number of carbonyl (C=O) groups is 2. The van der Waals surface area contributed by atoms with Crippen molar-refractivity contribution in [3.8, 4) is 5.75 Å². The Balaban J connectivity index is 2.21. The van der Waals surface area contributed by atoms with E-state index in [1.54, 1.807) is 23.1 Å². The Hall–Kier alpha value is -2.89. The Morgan fingerprint density at radius 1 is 1.12 bits per heavy atom. The van der Waals surface area contributed by atoms with E-state index in [-0.39, 0.29) is 17.5 Å². The van der Waals surface area contributed by atoms with Gasteiger partial charge in [-0.3, -0.25) is 14.6 Å².